The SMILES string of the molecule is CC(C)CN(CC(N)=O)c1ncc([N+](=O)[O-])cc1Cl. The number of carbonyl (C=O) groups excluding carboxylic acids is 1. The van der Waals surface area contributed by atoms with Crippen LogP contribution in [0.4, 0.5) is 11.5 Å². The van der Waals surface area contributed by atoms with Gasteiger partial charge in [-0.15, -0.1) is 0 Å². The van der Waals surface area contributed by atoms with Gasteiger partial charge in [-0.05, 0) is 5.92 Å². The Morgan fingerprint density at radius 1 is 1.63 bits per heavy atom. The molecule has 1 amide bonds. The first-order valence-electron chi connectivity index (χ1n) is 5.64. The molecule has 2 N–H and O–H groups in total. The number of halogens is 1. The maximum absolute atomic E-state index is 11.1. The van der Waals surface area contributed by atoms with Gasteiger partial charge in [-0.3, -0.25) is 14.9 Å². The van der Waals surface area contributed by atoms with E-state index in [2.05, 4.69) is 4.98 Å². The molecule has 0 aliphatic heterocycles. The van der Waals surface area contributed by atoms with E-state index in [1.807, 2.05) is 13.8 Å². The average molecular weight is 287 g/mol. The number of carbonyl (C=O) groups is 1. The van der Waals surface area contributed by atoms with Crippen molar-refractivity contribution in [2.24, 2.45) is 11.7 Å². The maximum Gasteiger partial charge on any atom is 0.289 e. The molecule has 1 heterocycles. The molecule has 1 rings (SSSR count). The fraction of sp³-hybridized carbons (Fsp3) is 0.455. The molecule has 0 spiro atoms. The van der Waals surface area contributed by atoms with E-state index in [0.717, 1.165) is 6.20 Å². The van der Waals surface area contributed by atoms with Crippen LogP contribution >= 0.6 is 11.6 Å². The lowest BCUT2D eigenvalue weighted by Gasteiger charge is -2.24. The summed E-state index contributed by atoms with van der Waals surface area (Å²) in [6.07, 6.45) is 1.11. The molecular formula is C11H15ClN4O3. The third-order valence-corrected chi connectivity index (χ3v) is 2.53. The molecule has 1 aromatic heterocycles. The second-order valence-corrected chi connectivity index (χ2v) is 4.90. The third kappa shape index (κ3) is 4.36. The van der Waals surface area contributed by atoms with Gasteiger partial charge in [0.15, 0.2) is 0 Å². The van der Waals surface area contributed by atoms with Crippen LogP contribution in [0.5, 0.6) is 0 Å². The number of primary amides is 1. The standard InChI is InChI=1S/C11H15ClN4O3/c1-7(2)5-15(6-10(13)17)11-9(12)3-8(4-14-11)16(18)19/h3-4,7H,5-6H2,1-2H3,(H2,13,17). The van der Waals surface area contributed by atoms with Crippen LogP contribution in [0.1, 0.15) is 13.8 Å². The van der Waals surface area contributed by atoms with Gasteiger partial charge in [0.1, 0.15) is 12.0 Å². The second kappa shape index (κ2) is 6.33. The topological polar surface area (TPSA) is 102 Å². The summed E-state index contributed by atoms with van der Waals surface area (Å²) in [7, 11) is 0. The number of hydrogen-bond donors (Lipinski definition) is 1. The zero-order chi connectivity index (χ0) is 14.6. The van der Waals surface area contributed by atoms with Gasteiger partial charge in [-0.1, -0.05) is 25.4 Å². The van der Waals surface area contributed by atoms with Gasteiger partial charge in [0.2, 0.25) is 5.91 Å². The molecular weight excluding hydrogens is 272 g/mol. The Morgan fingerprint density at radius 3 is 2.68 bits per heavy atom. The van der Waals surface area contributed by atoms with Gasteiger partial charge in [-0.2, -0.15) is 0 Å². The lowest BCUT2D eigenvalue weighted by Crippen LogP contribution is -2.37. The summed E-state index contributed by atoms with van der Waals surface area (Å²) in [5, 5.41) is 10.7. The van der Waals surface area contributed by atoms with Gasteiger partial charge in [0.25, 0.3) is 5.69 Å². The van der Waals surface area contributed by atoms with E-state index in [4.69, 9.17) is 17.3 Å². The Balaban J connectivity index is 3.07. The summed E-state index contributed by atoms with van der Waals surface area (Å²) in [4.78, 5) is 26.6. The monoisotopic (exact) mass is 286 g/mol. The van der Waals surface area contributed by atoms with E-state index in [1.54, 1.807) is 4.90 Å². The minimum Gasteiger partial charge on any atom is -0.368 e. The molecule has 0 radical (unpaired) electrons. The smallest absolute Gasteiger partial charge is 0.289 e. The molecule has 0 atom stereocenters. The Labute approximate surface area is 115 Å². The van der Waals surface area contributed by atoms with Crippen molar-refractivity contribution in [1.82, 2.24) is 4.98 Å². The van der Waals surface area contributed by atoms with Crippen LogP contribution in [-0.2, 0) is 4.79 Å². The Hall–Kier alpha value is -1.89. The first-order chi connectivity index (χ1) is 8.81. The number of aromatic nitrogens is 1. The Bertz CT molecular complexity index is 493. The van der Waals surface area contributed by atoms with Crippen molar-refractivity contribution in [2.45, 2.75) is 13.8 Å². The lowest BCUT2D eigenvalue weighted by atomic mass is 10.2. The van der Waals surface area contributed by atoms with E-state index in [-0.39, 0.29) is 23.2 Å². The van der Waals surface area contributed by atoms with Gasteiger partial charge >= 0.3 is 0 Å². The van der Waals surface area contributed by atoms with Crippen LogP contribution in [0.3, 0.4) is 0 Å². The maximum atomic E-state index is 11.1. The minimum absolute atomic E-state index is 0.0390. The molecule has 0 aromatic carbocycles. The van der Waals surface area contributed by atoms with Crippen LogP contribution in [0, 0.1) is 16.0 Å². The van der Waals surface area contributed by atoms with Crippen molar-refractivity contribution in [1.29, 1.82) is 0 Å². The highest BCUT2D eigenvalue weighted by molar-refractivity contribution is 6.33. The molecule has 0 bridgehead atoms. The van der Waals surface area contributed by atoms with Crippen LogP contribution in [0.2, 0.25) is 5.02 Å². The Kier molecular flexibility index (Phi) is 5.05. The van der Waals surface area contributed by atoms with E-state index < -0.39 is 10.8 Å². The summed E-state index contributed by atoms with van der Waals surface area (Å²) in [5.74, 6) is 0.0593. The average Bonchev–Trinajstić information content (AvgIpc) is 2.26. The van der Waals surface area contributed by atoms with Crippen molar-refractivity contribution >= 4 is 29.0 Å². The number of nitro groups is 1. The number of anilines is 1. The normalized spacial score (nSPS) is 10.5. The molecule has 0 saturated carbocycles. The van der Waals surface area contributed by atoms with Crippen LogP contribution < -0.4 is 10.6 Å². The van der Waals surface area contributed by atoms with E-state index in [9.17, 15) is 14.9 Å². The van der Waals surface area contributed by atoms with Crippen molar-refractivity contribution in [3.63, 3.8) is 0 Å². The molecule has 0 aliphatic rings. The van der Waals surface area contributed by atoms with Gasteiger partial charge in [0.05, 0.1) is 16.5 Å². The van der Waals surface area contributed by atoms with Crippen LogP contribution in [-0.4, -0.2) is 28.9 Å². The largest absolute Gasteiger partial charge is 0.368 e. The summed E-state index contributed by atoms with van der Waals surface area (Å²) in [6, 6.07) is 1.21. The molecule has 0 fully saturated rings. The quantitative estimate of drug-likeness (QED) is 0.632. The minimum atomic E-state index is -0.580. The predicted octanol–water partition coefficient (Wildman–Crippen LogP) is 1.59. The van der Waals surface area contributed by atoms with Crippen molar-refractivity contribution in [2.75, 3.05) is 18.0 Å². The zero-order valence-corrected chi connectivity index (χ0v) is 11.4. The predicted molar refractivity (Wildman–Crippen MR) is 72.1 cm³/mol. The molecule has 7 nitrogen and oxygen atoms in total. The third-order valence-electron chi connectivity index (χ3n) is 2.25. The van der Waals surface area contributed by atoms with E-state index in [0.29, 0.717) is 12.4 Å². The highest BCUT2D eigenvalue weighted by atomic mass is 35.5. The molecule has 1 aromatic rings. The van der Waals surface area contributed by atoms with Crippen molar-refractivity contribution in [3.8, 4) is 0 Å². The zero-order valence-electron chi connectivity index (χ0n) is 10.7. The summed E-state index contributed by atoms with van der Waals surface area (Å²) in [5.41, 5.74) is 4.98. The second-order valence-electron chi connectivity index (χ2n) is 4.50. The summed E-state index contributed by atoms with van der Waals surface area (Å²) < 4.78 is 0. The van der Waals surface area contributed by atoms with Crippen LogP contribution in [0.15, 0.2) is 12.3 Å². The molecule has 8 heteroatoms. The number of pyridine rings is 1. The van der Waals surface area contributed by atoms with Gasteiger partial charge in [0, 0.05) is 12.6 Å². The summed E-state index contributed by atoms with van der Waals surface area (Å²) in [6.45, 7) is 4.41. The fourth-order valence-electron chi connectivity index (χ4n) is 1.61. The van der Waals surface area contributed by atoms with Gasteiger partial charge < -0.3 is 10.6 Å². The summed E-state index contributed by atoms with van der Waals surface area (Å²) >= 11 is 5.97. The van der Waals surface area contributed by atoms with Crippen LogP contribution in [0.25, 0.3) is 0 Å². The van der Waals surface area contributed by atoms with E-state index in [1.165, 1.54) is 6.07 Å². The highest BCUT2D eigenvalue weighted by Crippen LogP contribution is 2.27. The molecule has 19 heavy (non-hydrogen) atoms. The molecule has 0 aliphatic carbocycles. The molecule has 0 saturated heterocycles. The fourth-order valence-corrected chi connectivity index (χ4v) is 1.89. The number of nitrogens with zero attached hydrogens (tertiary/aromatic N) is 3. The van der Waals surface area contributed by atoms with Gasteiger partial charge in [-0.25, -0.2) is 4.98 Å². The molecule has 104 valence electrons. The number of nitrogens with two attached hydrogens (primary N) is 1. The highest BCUT2D eigenvalue weighted by Gasteiger charge is 2.18. The number of hydrogen-bond acceptors (Lipinski definition) is 5. The molecule has 0 unspecified atom stereocenters. The van der Waals surface area contributed by atoms with Crippen molar-refractivity contribution < 1.29 is 9.72 Å². The first-order valence-corrected chi connectivity index (χ1v) is 6.02. The number of amides is 1. The van der Waals surface area contributed by atoms with Crippen molar-refractivity contribution in [3.05, 3.63) is 27.4 Å². The number of rotatable bonds is 6. The Morgan fingerprint density at radius 2 is 2.26 bits per heavy atom. The lowest BCUT2D eigenvalue weighted by molar-refractivity contribution is -0.385. The first kappa shape index (κ1) is 15.2. The van der Waals surface area contributed by atoms with E-state index >= 15 is 0 Å².